The Morgan fingerprint density at radius 1 is 1.09 bits per heavy atom. The predicted molar refractivity (Wildman–Crippen MR) is 129 cm³/mol. The molecule has 2 saturated heterocycles. The molecule has 7 heteroatoms. The first-order valence-electron chi connectivity index (χ1n) is 11.5. The average molecular weight is 455 g/mol. The van der Waals surface area contributed by atoms with Crippen LogP contribution < -0.4 is 15.8 Å². The first kappa shape index (κ1) is 21.8. The number of likely N-dealkylation sites (tertiary alicyclic amines) is 1. The van der Waals surface area contributed by atoms with E-state index in [0.29, 0.717) is 36.0 Å². The van der Waals surface area contributed by atoms with Crippen LogP contribution >= 0.6 is 0 Å². The van der Waals surface area contributed by atoms with Gasteiger partial charge in [0.25, 0.3) is 11.8 Å². The third-order valence-electron chi connectivity index (χ3n) is 6.66. The van der Waals surface area contributed by atoms with Crippen LogP contribution in [0.15, 0.2) is 70.9 Å². The van der Waals surface area contributed by atoms with Crippen LogP contribution in [0.3, 0.4) is 0 Å². The van der Waals surface area contributed by atoms with Gasteiger partial charge in [0.15, 0.2) is 0 Å². The summed E-state index contributed by atoms with van der Waals surface area (Å²) in [6.07, 6.45) is 0.924. The summed E-state index contributed by atoms with van der Waals surface area (Å²) in [5.74, 6) is 6.67. The van der Waals surface area contributed by atoms with Crippen molar-refractivity contribution >= 4 is 17.5 Å². The Kier molecular flexibility index (Phi) is 5.81. The molecule has 34 heavy (non-hydrogen) atoms. The highest BCUT2D eigenvalue weighted by Gasteiger charge is 2.45. The second-order valence-electron chi connectivity index (χ2n) is 8.74. The lowest BCUT2D eigenvalue weighted by molar-refractivity contribution is -0.132. The standard InChI is InChI=1S/C27H26N4O3/c1-2-6-22(32)31-15-18(16-31)21-13-14-29-26-23(27(28)33)24(30-25(21)26)17-9-11-20(12-10-17)34-19-7-4-3-5-8-19/h3-5,7-12,18,21,25,29H,13-16H2,1H3,(H2,28,33). The summed E-state index contributed by atoms with van der Waals surface area (Å²) >= 11 is 0. The van der Waals surface area contributed by atoms with Crippen LogP contribution in [0.5, 0.6) is 11.5 Å². The Morgan fingerprint density at radius 3 is 2.47 bits per heavy atom. The van der Waals surface area contributed by atoms with Gasteiger partial charge in [0.1, 0.15) is 11.5 Å². The lowest BCUT2D eigenvalue weighted by Crippen LogP contribution is -2.56. The lowest BCUT2D eigenvalue weighted by atomic mass is 9.76. The smallest absolute Gasteiger partial charge is 0.298 e. The van der Waals surface area contributed by atoms with Gasteiger partial charge in [0, 0.05) is 25.2 Å². The number of rotatable bonds is 5. The molecule has 2 atom stereocenters. The maximum absolute atomic E-state index is 12.5. The number of ether oxygens (including phenoxy) is 1. The Labute approximate surface area is 198 Å². The normalized spacial score (nSPS) is 21.4. The van der Waals surface area contributed by atoms with Gasteiger partial charge in [-0.05, 0) is 67.5 Å². The van der Waals surface area contributed by atoms with Crippen LogP contribution in [0.4, 0.5) is 0 Å². The highest BCUT2D eigenvalue weighted by Crippen LogP contribution is 2.39. The molecular formula is C27H26N4O3. The van der Waals surface area contributed by atoms with E-state index in [-0.39, 0.29) is 17.9 Å². The maximum Gasteiger partial charge on any atom is 0.298 e. The molecule has 3 aliphatic heterocycles. The Hall–Kier alpha value is -4.05. The summed E-state index contributed by atoms with van der Waals surface area (Å²) in [6.45, 7) is 3.76. The number of primary amides is 1. The molecule has 0 spiro atoms. The van der Waals surface area contributed by atoms with Gasteiger partial charge in [-0.1, -0.05) is 24.1 Å². The van der Waals surface area contributed by atoms with Crippen LogP contribution in [0, 0.1) is 23.7 Å². The number of hydrogen-bond acceptors (Lipinski definition) is 5. The average Bonchev–Trinajstić information content (AvgIpc) is 3.20. The van der Waals surface area contributed by atoms with Crippen molar-refractivity contribution in [1.29, 1.82) is 0 Å². The molecule has 2 aromatic rings. The summed E-state index contributed by atoms with van der Waals surface area (Å²) in [5, 5.41) is 3.38. The summed E-state index contributed by atoms with van der Waals surface area (Å²) in [4.78, 5) is 31.3. The Balaban J connectivity index is 1.38. The van der Waals surface area contributed by atoms with E-state index >= 15 is 0 Å². The topological polar surface area (TPSA) is 97.0 Å². The van der Waals surface area contributed by atoms with Crippen molar-refractivity contribution in [1.82, 2.24) is 10.2 Å². The van der Waals surface area contributed by atoms with Crippen LogP contribution in [0.2, 0.25) is 0 Å². The van der Waals surface area contributed by atoms with Crippen molar-refractivity contribution in [3.05, 3.63) is 71.4 Å². The van der Waals surface area contributed by atoms with Crippen molar-refractivity contribution in [2.75, 3.05) is 19.6 Å². The lowest BCUT2D eigenvalue weighted by Gasteiger charge is -2.46. The zero-order valence-corrected chi connectivity index (χ0v) is 19.0. The largest absolute Gasteiger partial charge is 0.457 e. The first-order valence-corrected chi connectivity index (χ1v) is 11.5. The zero-order valence-electron chi connectivity index (χ0n) is 19.0. The van der Waals surface area contributed by atoms with Gasteiger partial charge in [-0.25, -0.2) is 0 Å². The number of nitrogens with zero attached hydrogens (tertiary/aromatic N) is 2. The summed E-state index contributed by atoms with van der Waals surface area (Å²) in [6, 6.07) is 16.9. The van der Waals surface area contributed by atoms with E-state index < -0.39 is 5.91 Å². The van der Waals surface area contributed by atoms with Gasteiger partial charge in [0.2, 0.25) is 0 Å². The third-order valence-corrected chi connectivity index (χ3v) is 6.66. The highest BCUT2D eigenvalue weighted by molar-refractivity contribution is 6.29. The van der Waals surface area contributed by atoms with Crippen LogP contribution in [0.25, 0.3) is 0 Å². The molecule has 5 rings (SSSR count). The summed E-state index contributed by atoms with van der Waals surface area (Å²) in [7, 11) is 0. The third kappa shape index (κ3) is 4.03. The highest BCUT2D eigenvalue weighted by atomic mass is 16.5. The van der Waals surface area contributed by atoms with Gasteiger partial charge in [0.05, 0.1) is 23.0 Å². The molecule has 0 aromatic heterocycles. The van der Waals surface area contributed by atoms with Crippen LogP contribution in [-0.4, -0.2) is 48.1 Å². The number of amides is 2. The van der Waals surface area contributed by atoms with E-state index in [1.54, 1.807) is 11.8 Å². The molecule has 0 bridgehead atoms. The molecule has 172 valence electrons. The van der Waals surface area contributed by atoms with Gasteiger partial charge in [-0.3, -0.25) is 14.6 Å². The first-order chi connectivity index (χ1) is 16.5. The Bertz CT molecular complexity index is 1230. The van der Waals surface area contributed by atoms with Crippen molar-refractivity contribution in [2.45, 2.75) is 19.4 Å². The fourth-order valence-corrected chi connectivity index (χ4v) is 4.98. The van der Waals surface area contributed by atoms with Crippen molar-refractivity contribution < 1.29 is 14.3 Å². The van der Waals surface area contributed by atoms with Crippen molar-refractivity contribution in [3.8, 4) is 23.3 Å². The predicted octanol–water partition coefficient (Wildman–Crippen LogP) is 2.48. The molecule has 0 aliphatic carbocycles. The molecule has 2 aromatic carbocycles. The number of carbonyl (C=O) groups is 2. The molecule has 7 nitrogen and oxygen atoms in total. The van der Waals surface area contributed by atoms with E-state index in [2.05, 4.69) is 17.2 Å². The van der Waals surface area contributed by atoms with Crippen molar-refractivity contribution in [3.63, 3.8) is 0 Å². The molecule has 0 radical (unpaired) electrons. The second kappa shape index (κ2) is 9.06. The number of hydrogen-bond donors (Lipinski definition) is 2. The number of nitrogens with two attached hydrogens (primary N) is 1. The van der Waals surface area contributed by atoms with Crippen molar-refractivity contribution in [2.24, 2.45) is 22.6 Å². The molecular weight excluding hydrogens is 428 g/mol. The number of benzene rings is 2. The SMILES string of the molecule is CC#CC(=O)N1CC(C2CCNC3=C(C(N)=O)C(c4ccc(Oc5ccccc5)cc4)=NC32)C1. The van der Waals surface area contributed by atoms with Crippen LogP contribution in [-0.2, 0) is 9.59 Å². The second-order valence-corrected chi connectivity index (χ2v) is 8.74. The summed E-state index contributed by atoms with van der Waals surface area (Å²) < 4.78 is 5.88. The molecule has 0 saturated carbocycles. The van der Waals surface area contributed by atoms with Gasteiger partial charge < -0.3 is 20.7 Å². The number of para-hydroxylation sites is 1. The van der Waals surface area contributed by atoms with E-state index in [0.717, 1.165) is 30.0 Å². The molecule has 3 N–H and O–H groups in total. The monoisotopic (exact) mass is 454 g/mol. The molecule has 3 heterocycles. The fourth-order valence-electron chi connectivity index (χ4n) is 4.98. The molecule has 3 aliphatic rings. The minimum absolute atomic E-state index is 0.130. The molecule has 2 unspecified atom stereocenters. The number of nitrogens with one attached hydrogen (secondary N) is 1. The minimum atomic E-state index is -0.488. The number of carbonyl (C=O) groups excluding carboxylic acids is 2. The van der Waals surface area contributed by atoms with Gasteiger partial charge in [-0.15, -0.1) is 0 Å². The number of fused-ring (bicyclic) bond motifs is 1. The quantitative estimate of drug-likeness (QED) is 0.679. The number of aliphatic imine (C=N–C) groups is 1. The van der Waals surface area contributed by atoms with Gasteiger partial charge in [-0.2, -0.15) is 0 Å². The minimum Gasteiger partial charge on any atom is -0.457 e. The number of piperidine rings is 1. The summed E-state index contributed by atoms with van der Waals surface area (Å²) in [5.41, 5.74) is 8.51. The molecule has 2 fully saturated rings. The Morgan fingerprint density at radius 2 is 1.79 bits per heavy atom. The zero-order chi connectivity index (χ0) is 23.7. The van der Waals surface area contributed by atoms with Crippen LogP contribution in [0.1, 0.15) is 18.9 Å². The van der Waals surface area contributed by atoms with E-state index in [9.17, 15) is 9.59 Å². The van der Waals surface area contributed by atoms with E-state index in [1.165, 1.54) is 0 Å². The maximum atomic E-state index is 12.5. The van der Waals surface area contributed by atoms with E-state index in [1.807, 2.05) is 54.6 Å². The molecule has 2 amide bonds. The van der Waals surface area contributed by atoms with E-state index in [4.69, 9.17) is 15.5 Å². The van der Waals surface area contributed by atoms with Gasteiger partial charge >= 0.3 is 0 Å². The fraction of sp³-hybridized carbons (Fsp3) is 0.296.